The van der Waals surface area contributed by atoms with Crippen LogP contribution in [0.5, 0.6) is 0 Å². The molecule has 3 nitrogen and oxygen atoms in total. The molecule has 80 valence electrons. The number of ether oxygens (including phenoxy) is 2. The van der Waals surface area contributed by atoms with E-state index in [1.807, 2.05) is 12.1 Å². The van der Waals surface area contributed by atoms with Gasteiger partial charge in [-0.2, -0.15) is 0 Å². The Kier molecular flexibility index (Phi) is 2.84. The molecule has 1 aromatic rings. The van der Waals surface area contributed by atoms with Crippen molar-refractivity contribution in [1.29, 1.82) is 0 Å². The number of pyridine rings is 1. The van der Waals surface area contributed by atoms with E-state index in [4.69, 9.17) is 9.47 Å². The fourth-order valence-corrected chi connectivity index (χ4v) is 2.11. The number of hydrogen-bond acceptors (Lipinski definition) is 3. The first-order valence-electron chi connectivity index (χ1n) is 4.95. The number of rotatable bonds is 4. The molecule has 1 aromatic heterocycles. The molecule has 2 rings (SSSR count). The molecule has 0 bridgehead atoms. The molecule has 0 atom stereocenters. The van der Waals surface area contributed by atoms with Crippen LogP contribution in [0.4, 0.5) is 0 Å². The maximum absolute atomic E-state index is 5.28. The lowest BCUT2D eigenvalue weighted by molar-refractivity contribution is 0.0844. The summed E-state index contributed by atoms with van der Waals surface area (Å²) >= 11 is 0. The van der Waals surface area contributed by atoms with E-state index in [0.29, 0.717) is 13.2 Å². The summed E-state index contributed by atoms with van der Waals surface area (Å²) in [7, 11) is 3.42. The van der Waals surface area contributed by atoms with Gasteiger partial charge in [0.1, 0.15) is 0 Å². The fourth-order valence-electron chi connectivity index (χ4n) is 2.11. The molecule has 0 N–H and O–H groups in total. The predicted octanol–water partition coefficient (Wildman–Crippen LogP) is 1.64. The molecular weight excluding hydrogens is 190 g/mol. The smallest absolute Gasteiger partial charge is 0.0669 e. The maximum Gasteiger partial charge on any atom is 0.0669 e. The van der Waals surface area contributed by atoms with Crippen molar-refractivity contribution in [3.05, 3.63) is 35.7 Å². The molecule has 0 saturated heterocycles. The van der Waals surface area contributed by atoms with Gasteiger partial charge in [0.2, 0.25) is 0 Å². The van der Waals surface area contributed by atoms with Gasteiger partial charge in [0.05, 0.1) is 24.3 Å². The average Bonchev–Trinajstić information content (AvgIpc) is 2.60. The molecule has 1 heterocycles. The summed E-state index contributed by atoms with van der Waals surface area (Å²) in [5.74, 6) is 0. The van der Waals surface area contributed by atoms with E-state index in [1.54, 1.807) is 20.4 Å². The molecular formula is C12H15NO2. The Balaban J connectivity index is 2.39. The summed E-state index contributed by atoms with van der Waals surface area (Å²) in [6.07, 6.45) is 5.96. The van der Waals surface area contributed by atoms with Crippen molar-refractivity contribution in [3.63, 3.8) is 0 Å². The lowest BCUT2D eigenvalue weighted by atomic mass is 9.85. The molecule has 0 saturated carbocycles. The Morgan fingerprint density at radius 2 is 2.00 bits per heavy atom. The Bertz CT molecular complexity index is 368. The molecule has 0 spiro atoms. The van der Waals surface area contributed by atoms with Gasteiger partial charge in [-0.05, 0) is 17.7 Å². The van der Waals surface area contributed by atoms with Crippen molar-refractivity contribution in [2.24, 2.45) is 0 Å². The van der Waals surface area contributed by atoms with E-state index in [9.17, 15) is 0 Å². The summed E-state index contributed by atoms with van der Waals surface area (Å²) in [4.78, 5) is 4.32. The third-order valence-electron chi connectivity index (χ3n) is 2.74. The first-order chi connectivity index (χ1) is 7.32. The van der Waals surface area contributed by atoms with E-state index in [2.05, 4.69) is 17.1 Å². The molecule has 0 amide bonds. The highest BCUT2D eigenvalue weighted by molar-refractivity contribution is 5.62. The molecule has 0 unspecified atom stereocenters. The summed E-state index contributed by atoms with van der Waals surface area (Å²) in [6, 6.07) is 4.03. The van der Waals surface area contributed by atoms with E-state index < -0.39 is 0 Å². The Labute approximate surface area is 89.7 Å². The molecule has 0 fully saturated rings. The minimum atomic E-state index is -0.160. The second-order valence-electron chi connectivity index (χ2n) is 3.79. The standard InChI is InChI=1S/C12H15NO2/c1-14-8-12(9-15-2)6-5-11-10(12)4-3-7-13-11/h3-7H,8-9H2,1-2H3. The van der Waals surface area contributed by atoms with Crippen molar-refractivity contribution in [1.82, 2.24) is 4.98 Å². The summed E-state index contributed by atoms with van der Waals surface area (Å²) < 4.78 is 10.6. The van der Waals surface area contributed by atoms with Crippen LogP contribution < -0.4 is 0 Å². The van der Waals surface area contributed by atoms with Crippen LogP contribution in [-0.2, 0) is 14.9 Å². The van der Waals surface area contributed by atoms with Crippen LogP contribution in [0.15, 0.2) is 24.4 Å². The van der Waals surface area contributed by atoms with Crippen molar-refractivity contribution in [3.8, 4) is 0 Å². The quantitative estimate of drug-likeness (QED) is 0.748. The predicted molar refractivity (Wildman–Crippen MR) is 58.7 cm³/mol. The normalized spacial score (nSPS) is 16.7. The number of methoxy groups -OCH3 is 2. The highest BCUT2D eigenvalue weighted by Crippen LogP contribution is 2.35. The summed E-state index contributed by atoms with van der Waals surface area (Å²) in [5.41, 5.74) is 2.05. The number of nitrogens with zero attached hydrogens (tertiary/aromatic N) is 1. The van der Waals surface area contributed by atoms with Crippen molar-refractivity contribution < 1.29 is 9.47 Å². The zero-order valence-electron chi connectivity index (χ0n) is 9.06. The van der Waals surface area contributed by atoms with Crippen LogP contribution in [0.25, 0.3) is 6.08 Å². The highest BCUT2D eigenvalue weighted by Gasteiger charge is 2.35. The van der Waals surface area contributed by atoms with Crippen LogP contribution in [0.3, 0.4) is 0 Å². The average molecular weight is 205 g/mol. The van der Waals surface area contributed by atoms with Gasteiger partial charge in [0, 0.05) is 20.4 Å². The minimum absolute atomic E-state index is 0.160. The van der Waals surface area contributed by atoms with Crippen molar-refractivity contribution in [2.45, 2.75) is 5.41 Å². The lowest BCUT2D eigenvalue weighted by Gasteiger charge is -2.27. The van der Waals surface area contributed by atoms with Crippen LogP contribution >= 0.6 is 0 Å². The molecule has 0 aliphatic heterocycles. The third kappa shape index (κ3) is 1.68. The first kappa shape index (κ1) is 10.3. The summed E-state index contributed by atoms with van der Waals surface area (Å²) in [5, 5.41) is 0. The monoisotopic (exact) mass is 205 g/mol. The molecule has 1 aliphatic carbocycles. The molecule has 1 aliphatic rings. The summed E-state index contributed by atoms with van der Waals surface area (Å²) in [6.45, 7) is 1.24. The lowest BCUT2D eigenvalue weighted by Crippen LogP contribution is -2.33. The second kappa shape index (κ2) is 4.13. The van der Waals surface area contributed by atoms with E-state index in [0.717, 1.165) is 5.69 Å². The highest BCUT2D eigenvalue weighted by atomic mass is 16.5. The molecule has 3 heteroatoms. The molecule has 0 aromatic carbocycles. The van der Waals surface area contributed by atoms with Gasteiger partial charge in [0.15, 0.2) is 0 Å². The Hall–Kier alpha value is -1.19. The van der Waals surface area contributed by atoms with E-state index >= 15 is 0 Å². The first-order valence-corrected chi connectivity index (χ1v) is 4.95. The Morgan fingerprint density at radius 3 is 2.67 bits per heavy atom. The van der Waals surface area contributed by atoms with Crippen LogP contribution in [-0.4, -0.2) is 32.4 Å². The number of hydrogen-bond donors (Lipinski definition) is 0. The van der Waals surface area contributed by atoms with Crippen molar-refractivity contribution >= 4 is 6.08 Å². The SMILES string of the molecule is COCC1(COC)C=Cc2ncccc21. The third-order valence-corrected chi connectivity index (χ3v) is 2.74. The zero-order valence-corrected chi connectivity index (χ0v) is 9.06. The van der Waals surface area contributed by atoms with Gasteiger partial charge in [0.25, 0.3) is 0 Å². The maximum atomic E-state index is 5.28. The topological polar surface area (TPSA) is 31.4 Å². The van der Waals surface area contributed by atoms with Crippen molar-refractivity contribution in [2.75, 3.05) is 27.4 Å². The zero-order chi connectivity index (χ0) is 10.7. The van der Waals surface area contributed by atoms with E-state index in [1.165, 1.54) is 5.56 Å². The molecule has 15 heavy (non-hydrogen) atoms. The minimum Gasteiger partial charge on any atom is -0.383 e. The fraction of sp³-hybridized carbons (Fsp3) is 0.417. The second-order valence-corrected chi connectivity index (χ2v) is 3.79. The van der Waals surface area contributed by atoms with Gasteiger partial charge in [-0.25, -0.2) is 0 Å². The number of fused-ring (bicyclic) bond motifs is 1. The van der Waals surface area contributed by atoms with Gasteiger partial charge >= 0.3 is 0 Å². The Morgan fingerprint density at radius 1 is 1.27 bits per heavy atom. The largest absolute Gasteiger partial charge is 0.383 e. The van der Waals surface area contributed by atoms with Gasteiger partial charge in [-0.3, -0.25) is 4.98 Å². The van der Waals surface area contributed by atoms with Crippen LogP contribution in [0.1, 0.15) is 11.3 Å². The van der Waals surface area contributed by atoms with Crippen LogP contribution in [0, 0.1) is 0 Å². The van der Waals surface area contributed by atoms with Gasteiger partial charge < -0.3 is 9.47 Å². The molecule has 0 radical (unpaired) electrons. The van der Waals surface area contributed by atoms with Gasteiger partial charge in [-0.1, -0.05) is 12.1 Å². The van der Waals surface area contributed by atoms with Crippen LogP contribution in [0.2, 0.25) is 0 Å². The van der Waals surface area contributed by atoms with Gasteiger partial charge in [-0.15, -0.1) is 0 Å². The van der Waals surface area contributed by atoms with E-state index in [-0.39, 0.29) is 5.41 Å². The number of aromatic nitrogens is 1.